The van der Waals surface area contributed by atoms with Crippen molar-refractivity contribution in [2.24, 2.45) is 0 Å². The fourth-order valence-corrected chi connectivity index (χ4v) is 4.91. The molecule has 5 rings (SSSR count). The average Bonchev–Trinajstić information content (AvgIpc) is 3.65. The first-order valence-electron chi connectivity index (χ1n) is 12.4. The van der Waals surface area contributed by atoms with Crippen molar-refractivity contribution in [1.29, 1.82) is 0 Å². The zero-order valence-electron chi connectivity index (χ0n) is 20.4. The number of carbonyl (C=O) groups is 1. The van der Waals surface area contributed by atoms with Gasteiger partial charge in [-0.2, -0.15) is 0 Å². The van der Waals surface area contributed by atoms with Gasteiger partial charge < -0.3 is 15.5 Å². The number of aromatic nitrogens is 2. The van der Waals surface area contributed by atoms with E-state index in [1.54, 1.807) is 13.1 Å². The Labute approximate surface area is 204 Å². The number of fused-ring (bicyclic) bond motifs is 1. The van der Waals surface area contributed by atoms with Gasteiger partial charge in [-0.3, -0.25) is 14.8 Å². The quantitative estimate of drug-likeness (QED) is 0.552. The van der Waals surface area contributed by atoms with Gasteiger partial charge in [0.05, 0.1) is 28.5 Å². The van der Waals surface area contributed by atoms with Crippen LogP contribution in [0.25, 0.3) is 10.9 Å². The minimum absolute atomic E-state index is 0.320. The van der Waals surface area contributed by atoms with Crippen molar-refractivity contribution in [2.45, 2.75) is 58.0 Å². The molecule has 2 atom stereocenters. The summed E-state index contributed by atoms with van der Waals surface area (Å²) in [7, 11) is 0. The second-order valence-corrected chi connectivity index (χ2v) is 9.87. The van der Waals surface area contributed by atoms with Crippen molar-refractivity contribution in [3.63, 3.8) is 0 Å². The standard InChI is InChI=1S/C27H31F2N5O/c1-15-6-8-34(9-7-30-15)26-22-10-16(2)32-24(18-4-5-18)25(22)31-14-23(26)27(35)33-17(3)19-11-20(28)13-21(29)12-19/h10-15,17-18,30H,4-9H2,1-3H3,(H,33,35)/t15-,17-/m0/s1. The van der Waals surface area contributed by atoms with E-state index in [-0.39, 0.29) is 5.91 Å². The molecule has 8 heteroatoms. The molecule has 1 saturated carbocycles. The molecule has 2 aliphatic rings. The van der Waals surface area contributed by atoms with Crippen molar-refractivity contribution in [3.05, 3.63) is 64.6 Å². The third kappa shape index (κ3) is 4.98. The number of pyridine rings is 2. The average molecular weight is 480 g/mol. The number of amides is 1. The largest absolute Gasteiger partial charge is 0.369 e. The van der Waals surface area contributed by atoms with Crippen LogP contribution in [0.1, 0.15) is 72.4 Å². The molecule has 2 fully saturated rings. The number of halogens is 2. The lowest BCUT2D eigenvalue weighted by atomic mass is 10.0. The highest BCUT2D eigenvalue weighted by Crippen LogP contribution is 2.43. The first-order chi connectivity index (χ1) is 16.8. The summed E-state index contributed by atoms with van der Waals surface area (Å²) in [4.78, 5) is 25.4. The summed E-state index contributed by atoms with van der Waals surface area (Å²) < 4.78 is 27.5. The molecule has 0 unspecified atom stereocenters. The topological polar surface area (TPSA) is 70.2 Å². The second kappa shape index (κ2) is 9.49. The first-order valence-corrected chi connectivity index (χ1v) is 12.4. The van der Waals surface area contributed by atoms with Crippen molar-refractivity contribution in [1.82, 2.24) is 20.6 Å². The summed E-state index contributed by atoms with van der Waals surface area (Å²) in [5, 5.41) is 7.38. The summed E-state index contributed by atoms with van der Waals surface area (Å²) in [6.07, 6.45) is 4.80. The SMILES string of the molecule is Cc1cc2c(N3CCN[C@@H](C)CC3)c(C(=O)N[C@@H](C)c3cc(F)cc(F)c3)cnc2c(C2CC2)n1. The minimum Gasteiger partial charge on any atom is -0.369 e. The molecular weight excluding hydrogens is 448 g/mol. The van der Waals surface area contributed by atoms with Gasteiger partial charge in [0.15, 0.2) is 0 Å². The molecule has 3 heterocycles. The van der Waals surface area contributed by atoms with Gasteiger partial charge in [0.1, 0.15) is 11.6 Å². The lowest BCUT2D eigenvalue weighted by Gasteiger charge is -2.27. The number of hydrogen-bond donors (Lipinski definition) is 2. The van der Waals surface area contributed by atoms with Crippen molar-refractivity contribution >= 4 is 22.5 Å². The smallest absolute Gasteiger partial charge is 0.255 e. The number of carbonyl (C=O) groups excluding carboxylic acids is 1. The van der Waals surface area contributed by atoms with Gasteiger partial charge in [-0.25, -0.2) is 8.78 Å². The zero-order chi connectivity index (χ0) is 24.7. The molecule has 0 spiro atoms. The number of aryl methyl sites for hydroxylation is 1. The van der Waals surface area contributed by atoms with E-state index in [0.717, 1.165) is 72.9 Å². The highest BCUT2D eigenvalue weighted by Gasteiger charge is 2.31. The molecule has 1 saturated heterocycles. The van der Waals surface area contributed by atoms with Crippen LogP contribution in [-0.4, -0.2) is 41.6 Å². The van der Waals surface area contributed by atoms with E-state index in [1.165, 1.54) is 12.1 Å². The van der Waals surface area contributed by atoms with Crippen molar-refractivity contribution in [2.75, 3.05) is 24.5 Å². The summed E-state index contributed by atoms with van der Waals surface area (Å²) in [5.74, 6) is -1.24. The summed E-state index contributed by atoms with van der Waals surface area (Å²) in [6, 6.07) is 5.14. The van der Waals surface area contributed by atoms with Crippen LogP contribution in [0.2, 0.25) is 0 Å². The van der Waals surface area contributed by atoms with Crippen LogP contribution in [-0.2, 0) is 0 Å². The van der Waals surface area contributed by atoms with Crippen LogP contribution >= 0.6 is 0 Å². The first kappa shape index (κ1) is 23.6. The Morgan fingerprint density at radius 3 is 2.60 bits per heavy atom. The maximum Gasteiger partial charge on any atom is 0.255 e. The third-order valence-electron chi connectivity index (χ3n) is 6.94. The molecule has 3 aromatic rings. The molecule has 1 aliphatic heterocycles. The van der Waals surface area contributed by atoms with E-state index >= 15 is 0 Å². The summed E-state index contributed by atoms with van der Waals surface area (Å²) in [5.41, 5.74) is 4.46. The van der Waals surface area contributed by atoms with E-state index in [0.29, 0.717) is 23.1 Å². The number of nitrogens with one attached hydrogen (secondary N) is 2. The second-order valence-electron chi connectivity index (χ2n) is 9.87. The van der Waals surface area contributed by atoms with Crippen LogP contribution in [0.3, 0.4) is 0 Å². The number of rotatable bonds is 5. The number of nitrogens with zero attached hydrogens (tertiary/aromatic N) is 3. The van der Waals surface area contributed by atoms with Crippen LogP contribution in [0.5, 0.6) is 0 Å². The highest BCUT2D eigenvalue weighted by atomic mass is 19.1. The van der Waals surface area contributed by atoms with Gasteiger partial charge in [-0.05, 0) is 63.8 Å². The van der Waals surface area contributed by atoms with Crippen molar-refractivity contribution in [3.8, 4) is 0 Å². The Kier molecular flexibility index (Phi) is 6.40. The molecule has 1 amide bonds. The molecule has 2 N–H and O–H groups in total. The fourth-order valence-electron chi connectivity index (χ4n) is 4.91. The highest BCUT2D eigenvalue weighted by molar-refractivity contribution is 6.08. The molecule has 0 radical (unpaired) electrons. The third-order valence-corrected chi connectivity index (χ3v) is 6.94. The van der Waals surface area contributed by atoms with Gasteiger partial charge in [0.2, 0.25) is 0 Å². The monoisotopic (exact) mass is 479 g/mol. The number of anilines is 1. The van der Waals surface area contributed by atoms with Gasteiger partial charge in [0.25, 0.3) is 5.91 Å². The maximum atomic E-state index is 13.8. The Hall–Kier alpha value is -3.13. The van der Waals surface area contributed by atoms with Gasteiger partial charge in [-0.1, -0.05) is 0 Å². The minimum atomic E-state index is -0.670. The number of hydrogen-bond acceptors (Lipinski definition) is 5. The Morgan fingerprint density at radius 1 is 1.14 bits per heavy atom. The van der Waals surface area contributed by atoms with Gasteiger partial charge >= 0.3 is 0 Å². The normalized spacial score (nSPS) is 19.5. The maximum absolute atomic E-state index is 13.8. The van der Waals surface area contributed by atoms with Gasteiger partial charge in [0, 0.05) is 54.9 Å². The fraction of sp³-hybridized carbons (Fsp3) is 0.444. The molecular formula is C27H31F2N5O. The van der Waals surface area contributed by atoms with E-state index in [4.69, 9.17) is 9.97 Å². The van der Waals surface area contributed by atoms with E-state index in [9.17, 15) is 13.6 Å². The van der Waals surface area contributed by atoms with Crippen LogP contribution in [0, 0.1) is 18.6 Å². The Morgan fingerprint density at radius 2 is 1.89 bits per heavy atom. The summed E-state index contributed by atoms with van der Waals surface area (Å²) >= 11 is 0. The van der Waals surface area contributed by atoms with E-state index < -0.39 is 17.7 Å². The molecule has 0 bridgehead atoms. The Balaban J connectivity index is 1.57. The number of benzene rings is 1. The zero-order valence-corrected chi connectivity index (χ0v) is 20.4. The van der Waals surface area contributed by atoms with Gasteiger partial charge in [-0.15, -0.1) is 0 Å². The lowest BCUT2D eigenvalue weighted by molar-refractivity contribution is 0.0940. The molecule has 1 aliphatic carbocycles. The molecule has 35 heavy (non-hydrogen) atoms. The summed E-state index contributed by atoms with van der Waals surface area (Å²) in [6.45, 7) is 8.24. The van der Waals surface area contributed by atoms with E-state index in [1.807, 2.05) is 13.0 Å². The van der Waals surface area contributed by atoms with Crippen LogP contribution in [0.15, 0.2) is 30.5 Å². The molecule has 6 nitrogen and oxygen atoms in total. The van der Waals surface area contributed by atoms with E-state index in [2.05, 4.69) is 22.5 Å². The van der Waals surface area contributed by atoms with Crippen molar-refractivity contribution < 1.29 is 13.6 Å². The lowest BCUT2D eigenvalue weighted by Crippen LogP contribution is -2.33. The molecule has 2 aromatic heterocycles. The molecule has 1 aromatic carbocycles. The van der Waals surface area contributed by atoms with Crippen LogP contribution in [0.4, 0.5) is 14.5 Å². The predicted molar refractivity (Wildman–Crippen MR) is 133 cm³/mol. The molecule has 184 valence electrons. The van der Waals surface area contributed by atoms with Crippen LogP contribution < -0.4 is 15.5 Å². The predicted octanol–water partition coefficient (Wildman–Crippen LogP) is 4.77. The Bertz CT molecular complexity index is 1260.